The van der Waals surface area contributed by atoms with Gasteiger partial charge in [-0.05, 0) is 37.6 Å². The molecule has 0 bridgehead atoms. The zero-order valence-corrected chi connectivity index (χ0v) is 13.0. The number of alkyl halides is 3. The molecule has 9 heteroatoms. The third-order valence-corrected chi connectivity index (χ3v) is 3.46. The van der Waals surface area contributed by atoms with Crippen LogP contribution in [0.2, 0.25) is 10.0 Å². The van der Waals surface area contributed by atoms with Gasteiger partial charge >= 0.3 is 18.1 Å². The fourth-order valence-corrected chi connectivity index (χ4v) is 2.30. The van der Waals surface area contributed by atoms with Crippen LogP contribution in [-0.2, 0) is 9.59 Å². The van der Waals surface area contributed by atoms with Crippen LogP contribution in [0.5, 0.6) is 0 Å². The van der Waals surface area contributed by atoms with Crippen LogP contribution < -0.4 is 5.32 Å². The number of carboxylic acid groups (broad SMARTS) is 1. The Bertz CT molecular complexity index is 582. The third kappa shape index (κ3) is 4.27. The number of benzene rings is 1. The molecule has 0 aliphatic rings. The molecule has 4 nitrogen and oxygen atoms in total. The van der Waals surface area contributed by atoms with Crippen LogP contribution in [0.25, 0.3) is 0 Å². The van der Waals surface area contributed by atoms with E-state index in [2.05, 4.69) is 0 Å². The van der Waals surface area contributed by atoms with Gasteiger partial charge in [-0.15, -0.1) is 0 Å². The van der Waals surface area contributed by atoms with E-state index in [4.69, 9.17) is 23.2 Å². The van der Waals surface area contributed by atoms with E-state index in [1.165, 1.54) is 32.0 Å². The molecule has 0 spiro atoms. The van der Waals surface area contributed by atoms with Crippen LogP contribution in [-0.4, -0.2) is 23.2 Å². The summed E-state index contributed by atoms with van der Waals surface area (Å²) in [5.41, 5.74) is -1.67. The molecule has 1 unspecified atom stereocenters. The lowest BCUT2D eigenvalue weighted by atomic mass is 9.80. The molecule has 1 aromatic carbocycles. The summed E-state index contributed by atoms with van der Waals surface area (Å²) < 4.78 is 37.4. The molecule has 0 aliphatic heterocycles. The van der Waals surface area contributed by atoms with E-state index in [1.54, 1.807) is 5.32 Å². The number of hydrogen-bond acceptors (Lipinski definition) is 2. The summed E-state index contributed by atoms with van der Waals surface area (Å²) in [5, 5.41) is 11.1. The summed E-state index contributed by atoms with van der Waals surface area (Å²) >= 11 is 11.6. The Labute approximate surface area is 134 Å². The van der Waals surface area contributed by atoms with Crippen LogP contribution in [0.4, 0.5) is 13.2 Å². The Hall–Kier alpha value is -1.47. The van der Waals surface area contributed by atoms with Gasteiger partial charge in [-0.1, -0.05) is 23.2 Å². The number of halogens is 5. The highest BCUT2D eigenvalue weighted by atomic mass is 35.5. The minimum atomic E-state index is -5.14. The lowest BCUT2D eigenvalue weighted by Crippen LogP contribution is -2.46. The van der Waals surface area contributed by atoms with Gasteiger partial charge in [0, 0.05) is 10.0 Å². The van der Waals surface area contributed by atoms with E-state index in [0.29, 0.717) is 0 Å². The maximum absolute atomic E-state index is 12.5. The van der Waals surface area contributed by atoms with Gasteiger partial charge < -0.3 is 10.4 Å². The highest BCUT2D eigenvalue weighted by Crippen LogP contribution is 2.37. The summed E-state index contributed by atoms with van der Waals surface area (Å²) in [5.74, 6) is -3.64. The van der Waals surface area contributed by atoms with Crippen molar-refractivity contribution in [2.45, 2.75) is 26.1 Å². The molecular weight excluding hydrogens is 346 g/mol. The van der Waals surface area contributed by atoms with E-state index in [-0.39, 0.29) is 15.6 Å². The summed E-state index contributed by atoms with van der Waals surface area (Å²) in [7, 11) is 0. The maximum atomic E-state index is 12.5. The molecule has 0 saturated carbocycles. The third-order valence-electron chi connectivity index (χ3n) is 3.02. The molecule has 1 amide bonds. The maximum Gasteiger partial charge on any atom is 0.471 e. The van der Waals surface area contributed by atoms with E-state index in [0.717, 1.165) is 0 Å². The summed E-state index contributed by atoms with van der Waals surface area (Å²) in [6.45, 7) is 2.37. The normalized spacial score (nSPS) is 13.6. The first-order chi connectivity index (χ1) is 9.85. The Morgan fingerprint density at radius 2 is 1.59 bits per heavy atom. The van der Waals surface area contributed by atoms with E-state index in [9.17, 15) is 27.9 Å². The van der Waals surface area contributed by atoms with Gasteiger partial charge in [0.05, 0.1) is 11.5 Å². The first-order valence-electron chi connectivity index (χ1n) is 5.92. The van der Waals surface area contributed by atoms with Crippen LogP contribution in [0.3, 0.4) is 0 Å². The second kappa shape index (κ2) is 6.34. The largest absolute Gasteiger partial charge is 0.481 e. The topological polar surface area (TPSA) is 66.4 Å². The number of carbonyl (C=O) groups is 2. The fraction of sp³-hybridized carbons (Fsp3) is 0.385. The first kappa shape index (κ1) is 18.6. The fourth-order valence-electron chi connectivity index (χ4n) is 1.76. The smallest absolute Gasteiger partial charge is 0.471 e. The molecule has 0 saturated heterocycles. The van der Waals surface area contributed by atoms with Gasteiger partial charge in [0.1, 0.15) is 0 Å². The molecule has 122 valence electrons. The van der Waals surface area contributed by atoms with E-state index in [1.807, 2.05) is 0 Å². The molecule has 0 fully saturated rings. The number of hydrogen-bond donors (Lipinski definition) is 2. The summed E-state index contributed by atoms with van der Waals surface area (Å²) in [6, 6.07) is 2.36. The lowest BCUT2D eigenvalue weighted by Gasteiger charge is -2.32. The molecule has 1 aromatic rings. The predicted octanol–water partition coefficient (Wildman–Crippen LogP) is 3.82. The molecule has 2 N–H and O–H groups in total. The average molecular weight is 358 g/mol. The van der Waals surface area contributed by atoms with Gasteiger partial charge in [0.25, 0.3) is 0 Å². The van der Waals surface area contributed by atoms with Crippen molar-refractivity contribution in [2.75, 3.05) is 0 Å². The highest BCUT2D eigenvalue weighted by molar-refractivity contribution is 6.34. The van der Waals surface area contributed by atoms with Crippen molar-refractivity contribution in [3.8, 4) is 0 Å². The van der Waals surface area contributed by atoms with Crippen molar-refractivity contribution in [3.05, 3.63) is 33.8 Å². The predicted molar refractivity (Wildman–Crippen MR) is 74.8 cm³/mol. The standard InChI is InChI=1S/C13H12Cl2F3NO3/c1-12(2,11(21)22)9(19-10(20)13(16,17)18)6-3-7(14)5-8(15)4-6/h3-5,9H,1-2H3,(H,19,20)(H,21,22). The molecule has 0 radical (unpaired) electrons. The SMILES string of the molecule is CC(C)(C(=O)O)C(NC(=O)C(F)(F)F)c1cc(Cl)cc(Cl)c1. The minimum Gasteiger partial charge on any atom is -0.481 e. The highest BCUT2D eigenvalue weighted by Gasteiger charge is 2.45. The quantitative estimate of drug-likeness (QED) is 0.860. The molecular formula is C13H12Cl2F3NO3. The second-order valence-electron chi connectivity index (χ2n) is 5.13. The lowest BCUT2D eigenvalue weighted by molar-refractivity contribution is -0.176. The van der Waals surface area contributed by atoms with Crippen molar-refractivity contribution < 1.29 is 27.9 Å². The average Bonchev–Trinajstić information content (AvgIpc) is 2.32. The Morgan fingerprint density at radius 1 is 1.14 bits per heavy atom. The number of carbonyl (C=O) groups excluding carboxylic acids is 1. The van der Waals surface area contributed by atoms with E-state index >= 15 is 0 Å². The van der Waals surface area contributed by atoms with Gasteiger partial charge in [0.15, 0.2) is 0 Å². The number of nitrogens with one attached hydrogen (secondary N) is 1. The zero-order valence-electron chi connectivity index (χ0n) is 11.5. The van der Waals surface area contributed by atoms with Crippen LogP contribution >= 0.6 is 23.2 Å². The monoisotopic (exact) mass is 357 g/mol. The zero-order chi connectivity index (χ0) is 17.3. The number of amides is 1. The minimum absolute atomic E-state index is 0.0579. The van der Waals surface area contributed by atoms with Crippen molar-refractivity contribution >= 4 is 35.1 Å². The molecule has 1 atom stereocenters. The van der Waals surface area contributed by atoms with Crippen LogP contribution in [0.1, 0.15) is 25.5 Å². The van der Waals surface area contributed by atoms with Gasteiger partial charge in [-0.2, -0.15) is 13.2 Å². The molecule has 22 heavy (non-hydrogen) atoms. The Morgan fingerprint density at radius 3 is 1.95 bits per heavy atom. The van der Waals surface area contributed by atoms with Crippen molar-refractivity contribution in [3.63, 3.8) is 0 Å². The number of carboxylic acids is 1. The Balaban J connectivity index is 3.34. The van der Waals surface area contributed by atoms with E-state index < -0.39 is 29.5 Å². The van der Waals surface area contributed by atoms with Crippen LogP contribution in [0.15, 0.2) is 18.2 Å². The summed E-state index contributed by atoms with van der Waals surface area (Å²) in [4.78, 5) is 22.5. The molecule has 1 rings (SSSR count). The van der Waals surface area contributed by atoms with Crippen LogP contribution in [0, 0.1) is 5.41 Å². The van der Waals surface area contributed by atoms with Gasteiger partial charge in [-0.3, -0.25) is 9.59 Å². The first-order valence-corrected chi connectivity index (χ1v) is 6.68. The summed E-state index contributed by atoms with van der Waals surface area (Å²) in [6.07, 6.45) is -5.14. The Kier molecular flexibility index (Phi) is 5.35. The van der Waals surface area contributed by atoms with Crippen molar-refractivity contribution in [1.29, 1.82) is 0 Å². The van der Waals surface area contributed by atoms with Crippen molar-refractivity contribution in [1.82, 2.24) is 5.32 Å². The molecule has 0 aromatic heterocycles. The number of rotatable bonds is 4. The number of aliphatic carboxylic acids is 1. The second-order valence-corrected chi connectivity index (χ2v) is 6.01. The van der Waals surface area contributed by atoms with Gasteiger partial charge in [0.2, 0.25) is 0 Å². The van der Waals surface area contributed by atoms with Crippen molar-refractivity contribution in [2.24, 2.45) is 5.41 Å². The molecule has 0 heterocycles. The molecule has 0 aliphatic carbocycles. The van der Waals surface area contributed by atoms with Gasteiger partial charge in [-0.25, -0.2) is 0 Å².